The molecule has 12 heteroatoms. The highest BCUT2D eigenvalue weighted by atomic mass is 32.2. The third-order valence-electron chi connectivity index (χ3n) is 5.31. The molecule has 3 rings (SSSR count). The van der Waals surface area contributed by atoms with Crippen molar-refractivity contribution in [3.05, 3.63) is 48.5 Å². The molecule has 0 radical (unpaired) electrons. The minimum absolute atomic E-state index is 0.00822. The molecule has 0 atom stereocenters. The normalized spacial score (nSPS) is 14.1. The van der Waals surface area contributed by atoms with E-state index in [1.165, 1.54) is 12.1 Å². The molecule has 1 fully saturated rings. The molecule has 36 heavy (non-hydrogen) atoms. The van der Waals surface area contributed by atoms with Crippen LogP contribution in [0.25, 0.3) is 0 Å². The Labute approximate surface area is 210 Å². The highest BCUT2D eigenvalue weighted by Crippen LogP contribution is 2.22. The number of sulfonamides is 1. The molecule has 192 valence electrons. The summed E-state index contributed by atoms with van der Waals surface area (Å²) < 4.78 is 32.7. The second-order valence-electron chi connectivity index (χ2n) is 8.24. The molecule has 0 saturated carbocycles. The number of azo groups is 1. The van der Waals surface area contributed by atoms with Crippen LogP contribution < -0.4 is 9.62 Å². The van der Waals surface area contributed by atoms with Gasteiger partial charge in [0.05, 0.1) is 22.9 Å². The number of benzene rings is 2. The van der Waals surface area contributed by atoms with Gasteiger partial charge in [0, 0.05) is 52.2 Å². The Morgan fingerprint density at radius 1 is 0.944 bits per heavy atom. The number of carbonyl (C=O) groups is 3. The molecule has 1 aliphatic rings. The van der Waals surface area contributed by atoms with Gasteiger partial charge in [-0.2, -0.15) is 10.2 Å². The number of hydrogen-bond acceptors (Lipinski definition) is 9. The Kier molecular flexibility index (Phi) is 9.39. The van der Waals surface area contributed by atoms with Gasteiger partial charge in [-0.25, -0.2) is 18.0 Å². The Hall–Kier alpha value is -3.48. The number of rotatable bonds is 12. The number of carbonyl (C=O) groups excluding carboxylic acids is 3. The molecule has 1 aliphatic heterocycles. The highest BCUT2D eigenvalue weighted by Gasteiger charge is 2.33. The second kappa shape index (κ2) is 12.5. The molecule has 1 N–H and O–H groups in total. The lowest BCUT2D eigenvalue weighted by Crippen LogP contribution is -2.35. The first-order chi connectivity index (χ1) is 17.2. The van der Waals surface area contributed by atoms with Crippen LogP contribution >= 0.6 is 0 Å². The predicted octanol–water partition coefficient (Wildman–Crippen LogP) is 2.92. The summed E-state index contributed by atoms with van der Waals surface area (Å²) in [6.07, 6.45) is 0.464. The highest BCUT2D eigenvalue weighted by molar-refractivity contribution is 7.89. The van der Waals surface area contributed by atoms with E-state index in [2.05, 4.69) is 15.0 Å². The monoisotopic (exact) mass is 515 g/mol. The van der Waals surface area contributed by atoms with Crippen molar-refractivity contribution in [2.45, 2.75) is 30.6 Å². The smallest absolute Gasteiger partial charge is 0.240 e. The van der Waals surface area contributed by atoms with Gasteiger partial charge in [-0.15, -0.1) is 0 Å². The van der Waals surface area contributed by atoms with Crippen LogP contribution in [-0.2, 0) is 29.1 Å². The summed E-state index contributed by atoms with van der Waals surface area (Å²) in [6, 6.07) is 13.6. The molecule has 2 aromatic rings. The van der Waals surface area contributed by atoms with Gasteiger partial charge < -0.3 is 9.64 Å². The van der Waals surface area contributed by atoms with E-state index in [9.17, 15) is 22.8 Å². The number of hydrogen-bond donors (Lipinski definition) is 1. The SMILES string of the molecule is CN(C)c1ccc(N=Nc2ccc(S(=O)(=O)NCCOCCCC(=O)N3C(=O)CCC3=O)cc2)cc1. The predicted molar refractivity (Wildman–Crippen MR) is 133 cm³/mol. The Morgan fingerprint density at radius 2 is 1.50 bits per heavy atom. The van der Waals surface area contributed by atoms with E-state index in [1.54, 1.807) is 12.1 Å². The van der Waals surface area contributed by atoms with Gasteiger partial charge >= 0.3 is 0 Å². The number of likely N-dealkylation sites (tertiary alicyclic amines) is 1. The van der Waals surface area contributed by atoms with Crippen molar-refractivity contribution in [1.29, 1.82) is 0 Å². The average Bonchev–Trinajstić information content (AvgIpc) is 3.20. The van der Waals surface area contributed by atoms with E-state index in [-0.39, 0.29) is 43.9 Å². The number of amides is 3. The largest absolute Gasteiger partial charge is 0.380 e. The van der Waals surface area contributed by atoms with Crippen molar-refractivity contribution in [2.24, 2.45) is 10.2 Å². The van der Waals surface area contributed by atoms with Crippen LogP contribution in [0.5, 0.6) is 0 Å². The number of anilines is 1. The first-order valence-electron chi connectivity index (χ1n) is 11.4. The molecule has 0 spiro atoms. The standard InChI is InChI=1S/C24H29N5O6S/c1-28(2)20-9-5-18(6-10-20)26-27-19-7-11-21(12-8-19)36(33,34)25-15-17-35-16-3-4-22(30)29-23(31)13-14-24(29)32/h5-12,25H,3-4,13-17H2,1-2H3. The van der Waals surface area contributed by atoms with Crippen molar-refractivity contribution in [1.82, 2.24) is 9.62 Å². The summed E-state index contributed by atoms with van der Waals surface area (Å²) in [5.41, 5.74) is 2.24. The summed E-state index contributed by atoms with van der Waals surface area (Å²) in [6.45, 7) is 0.346. The van der Waals surface area contributed by atoms with Gasteiger partial charge in [0.25, 0.3) is 0 Å². The van der Waals surface area contributed by atoms with Crippen molar-refractivity contribution in [3.63, 3.8) is 0 Å². The Morgan fingerprint density at radius 3 is 2.06 bits per heavy atom. The van der Waals surface area contributed by atoms with E-state index in [0.29, 0.717) is 22.7 Å². The van der Waals surface area contributed by atoms with Crippen molar-refractivity contribution < 1.29 is 27.5 Å². The molecular formula is C24H29N5O6S. The number of ether oxygens (including phenoxy) is 1. The fourth-order valence-corrected chi connectivity index (χ4v) is 4.36. The Bertz CT molecular complexity index is 1190. The fourth-order valence-electron chi connectivity index (χ4n) is 3.35. The molecule has 0 aromatic heterocycles. The summed E-state index contributed by atoms with van der Waals surface area (Å²) in [4.78, 5) is 37.8. The maximum Gasteiger partial charge on any atom is 0.240 e. The van der Waals surface area contributed by atoms with Crippen LogP contribution in [0.2, 0.25) is 0 Å². The molecule has 11 nitrogen and oxygen atoms in total. The minimum atomic E-state index is -3.73. The van der Waals surface area contributed by atoms with E-state index >= 15 is 0 Å². The molecule has 1 heterocycles. The summed E-state index contributed by atoms with van der Waals surface area (Å²) in [5, 5.41) is 8.30. The van der Waals surface area contributed by atoms with Crippen LogP contribution in [0, 0.1) is 0 Å². The van der Waals surface area contributed by atoms with Gasteiger partial charge in [-0.05, 0) is 55.0 Å². The molecule has 0 unspecified atom stereocenters. The Balaban J connectivity index is 1.38. The van der Waals surface area contributed by atoms with Crippen molar-refractivity contribution in [3.8, 4) is 0 Å². The van der Waals surface area contributed by atoms with E-state index in [4.69, 9.17) is 4.74 Å². The molecule has 0 bridgehead atoms. The third-order valence-corrected chi connectivity index (χ3v) is 6.79. The summed E-state index contributed by atoms with van der Waals surface area (Å²) in [7, 11) is 0.168. The lowest BCUT2D eigenvalue weighted by atomic mass is 10.3. The maximum atomic E-state index is 12.5. The molecule has 2 aromatic carbocycles. The molecule has 1 saturated heterocycles. The van der Waals surface area contributed by atoms with Crippen LogP contribution in [0.3, 0.4) is 0 Å². The quantitative estimate of drug-likeness (QED) is 0.261. The van der Waals surface area contributed by atoms with E-state index < -0.39 is 27.7 Å². The first kappa shape index (κ1) is 27.1. The lowest BCUT2D eigenvalue weighted by Gasteiger charge is -2.11. The lowest BCUT2D eigenvalue weighted by molar-refractivity contribution is -0.149. The topological polar surface area (TPSA) is 138 Å². The van der Waals surface area contributed by atoms with Crippen LogP contribution in [-0.4, -0.2) is 64.9 Å². The third kappa shape index (κ3) is 7.51. The van der Waals surface area contributed by atoms with E-state index in [1.807, 2.05) is 43.3 Å². The van der Waals surface area contributed by atoms with E-state index in [0.717, 1.165) is 5.69 Å². The zero-order valence-electron chi connectivity index (χ0n) is 20.2. The summed E-state index contributed by atoms with van der Waals surface area (Å²) in [5.74, 6) is -1.46. The number of imide groups is 3. The fraction of sp³-hybridized carbons (Fsp3) is 0.375. The van der Waals surface area contributed by atoms with Crippen LogP contribution in [0.4, 0.5) is 17.1 Å². The zero-order valence-corrected chi connectivity index (χ0v) is 21.0. The zero-order chi connectivity index (χ0) is 26.1. The summed E-state index contributed by atoms with van der Waals surface area (Å²) >= 11 is 0. The van der Waals surface area contributed by atoms with Gasteiger partial charge in [0.15, 0.2) is 0 Å². The average molecular weight is 516 g/mol. The minimum Gasteiger partial charge on any atom is -0.380 e. The number of nitrogens with zero attached hydrogens (tertiary/aromatic N) is 4. The van der Waals surface area contributed by atoms with Crippen LogP contribution in [0.1, 0.15) is 25.7 Å². The molecule has 3 amide bonds. The molecule has 0 aliphatic carbocycles. The van der Waals surface area contributed by atoms with Gasteiger partial charge in [-0.3, -0.25) is 14.4 Å². The van der Waals surface area contributed by atoms with Gasteiger partial charge in [-0.1, -0.05) is 0 Å². The van der Waals surface area contributed by atoms with Crippen molar-refractivity contribution >= 4 is 44.8 Å². The van der Waals surface area contributed by atoms with Gasteiger partial charge in [0.2, 0.25) is 27.7 Å². The van der Waals surface area contributed by atoms with Crippen molar-refractivity contribution in [2.75, 3.05) is 38.8 Å². The molecular weight excluding hydrogens is 486 g/mol. The van der Waals surface area contributed by atoms with Crippen LogP contribution in [0.15, 0.2) is 63.7 Å². The van der Waals surface area contributed by atoms with Gasteiger partial charge in [0.1, 0.15) is 0 Å². The first-order valence-corrected chi connectivity index (χ1v) is 12.9. The number of nitrogens with one attached hydrogen (secondary N) is 1. The second-order valence-corrected chi connectivity index (χ2v) is 10.0. The maximum absolute atomic E-state index is 12.5.